The van der Waals surface area contributed by atoms with Crippen LogP contribution in [0.15, 0.2) is 54.9 Å². The molecule has 2 heterocycles. The molecule has 4 aromatic rings. The van der Waals surface area contributed by atoms with Gasteiger partial charge in [-0.1, -0.05) is 12.1 Å². The third kappa shape index (κ3) is 3.34. The molecule has 0 saturated heterocycles. The summed E-state index contributed by atoms with van der Waals surface area (Å²) in [5.41, 5.74) is 3.15. The van der Waals surface area contributed by atoms with Crippen molar-refractivity contribution in [3.8, 4) is 34.6 Å². The molecule has 148 valence electrons. The van der Waals surface area contributed by atoms with Crippen molar-refractivity contribution in [1.82, 2.24) is 14.5 Å². The molecule has 0 spiro atoms. The van der Waals surface area contributed by atoms with Crippen LogP contribution < -0.4 is 9.47 Å². The van der Waals surface area contributed by atoms with Gasteiger partial charge in [-0.15, -0.1) is 0 Å². The van der Waals surface area contributed by atoms with Crippen molar-refractivity contribution in [2.75, 3.05) is 14.2 Å². The second kappa shape index (κ2) is 7.85. The largest absolute Gasteiger partial charge is 0.493 e. The molecular weight excluding hydrogens is 404 g/mol. The van der Waals surface area contributed by atoms with Gasteiger partial charge < -0.3 is 9.47 Å². The van der Waals surface area contributed by atoms with E-state index >= 15 is 0 Å². The molecule has 30 heavy (non-hydrogen) atoms. The molecule has 0 aliphatic rings. The lowest BCUT2D eigenvalue weighted by molar-refractivity contribution is 0.108. The first kappa shape index (κ1) is 19.4. The summed E-state index contributed by atoms with van der Waals surface area (Å²) < 4.78 is 12.5. The fourth-order valence-electron chi connectivity index (χ4n) is 3.22. The van der Waals surface area contributed by atoms with Crippen molar-refractivity contribution in [1.29, 1.82) is 5.26 Å². The topological polar surface area (TPSA) is 90.0 Å². The molecule has 2 aromatic heterocycles. The van der Waals surface area contributed by atoms with Crippen LogP contribution in [0, 0.1) is 11.3 Å². The number of carbonyl (C=O) groups excluding carboxylic acids is 1. The zero-order valence-corrected chi connectivity index (χ0v) is 16.8. The maximum Gasteiger partial charge on any atom is 0.254 e. The van der Waals surface area contributed by atoms with E-state index in [4.69, 9.17) is 21.1 Å². The molecule has 0 aliphatic carbocycles. The molecule has 0 fully saturated rings. The normalized spacial score (nSPS) is 10.6. The molecule has 8 heteroatoms. The average Bonchev–Trinajstić information content (AvgIpc) is 3.20. The number of ether oxygens (including phenoxy) is 2. The van der Waals surface area contributed by atoms with Gasteiger partial charge in [-0.3, -0.25) is 9.36 Å². The van der Waals surface area contributed by atoms with Gasteiger partial charge in [0.1, 0.15) is 12.1 Å². The summed E-state index contributed by atoms with van der Waals surface area (Å²) in [7, 11) is 3.12. The Labute approximate surface area is 177 Å². The summed E-state index contributed by atoms with van der Waals surface area (Å²) in [4.78, 5) is 21.1. The van der Waals surface area contributed by atoms with Crippen LogP contribution in [0.4, 0.5) is 0 Å². The Hall–Kier alpha value is -3.89. The highest BCUT2D eigenvalue weighted by atomic mass is 35.5. The minimum absolute atomic E-state index is 0.249. The van der Waals surface area contributed by atoms with Gasteiger partial charge in [0.25, 0.3) is 5.24 Å². The van der Waals surface area contributed by atoms with E-state index in [1.807, 2.05) is 0 Å². The zero-order valence-electron chi connectivity index (χ0n) is 16.1. The quantitative estimate of drug-likeness (QED) is 0.447. The molecular formula is C22H15ClN4O3. The van der Waals surface area contributed by atoms with Crippen molar-refractivity contribution in [2.24, 2.45) is 0 Å². The Morgan fingerprint density at radius 1 is 1.10 bits per heavy atom. The van der Waals surface area contributed by atoms with Crippen molar-refractivity contribution < 1.29 is 14.3 Å². The Balaban J connectivity index is 1.92. The maximum absolute atomic E-state index is 12.0. The van der Waals surface area contributed by atoms with Gasteiger partial charge >= 0.3 is 0 Å². The number of pyridine rings is 1. The SMILES string of the molecule is COc1cc2ncn(-c3ccc(C(=O)Cl)c(-c4cccc(C#N)c4)n3)c2cc1OC. The van der Waals surface area contributed by atoms with Crippen LogP contribution in [0.2, 0.25) is 0 Å². The molecule has 0 amide bonds. The van der Waals surface area contributed by atoms with E-state index in [0.29, 0.717) is 39.7 Å². The van der Waals surface area contributed by atoms with Crippen LogP contribution in [0.3, 0.4) is 0 Å². The second-order valence-electron chi connectivity index (χ2n) is 6.34. The number of carbonyl (C=O) groups is 1. The number of nitrogens with zero attached hydrogens (tertiary/aromatic N) is 4. The van der Waals surface area contributed by atoms with Crippen molar-refractivity contribution >= 4 is 27.9 Å². The summed E-state index contributed by atoms with van der Waals surface area (Å²) in [6, 6.07) is 15.8. The third-order valence-corrected chi connectivity index (χ3v) is 4.86. The number of imidazole rings is 1. The summed E-state index contributed by atoms with van der Waals surface area (Å²) in [6.45, 7) is 0. The summed E-state index contributed by atoms with van der Waals surface area (Å²) in [5.74, 6) is 1.66. The number of aromatic nitrogens is 3. The van der Waals surface area contributed by atoms with Crippen molar-refractivity contribution in [3.63, 3.8) is 0 Å². The standard InChI is InChI=1S/C22H15ClN4O3/c1-29-18-9-16-17(10-19(18)30-2)27(12-25-16)20-7-6-15(22(23)28)21(26-20)14-5-3-4-13(8-14)11-24/h3-10,12H,1-2H3. The summed E-state index contributed by atoms with van der Waals surface area (Å²) in [5, 5.41) is 8.57. The molecule has 7 nitrogen and oxygen atoms in total. The van der Waals surface area contributed by atoms with Gasteiger partial charge in [-0.05, 0) is 35.9 Å². The Morgan fingerprint density at radius 3 is 2.57 bits per heavy atom. The molecule has 0 radical (unpaired) electrons. The molecule has 4 rings (SSSR count). The lowest BCUT2D eigenvalue weighted by atomic mass is 10.0. The van der Waals surface area contributed by atoms with E-state index in [-0.39, 0.29) is 5.56 Å². The van der Waals surface area contributed by atoms with Gasteiger partial charge in [0.15, 0.2) is 11.5 Å². The summed E-state index contributed by atoms with van der Waals surface area (Å²) >= 11 is 5.78. The summed E-state index contributed by atoms with van der Waals surface area (Å²) in [6.07, 6.45) is 1.63. The van der Waals surface area contributed by atoms with E-state index < -0.39 is 5.24 Å². The number of nitriles is 1. The number of fused-ring (bicyclic) bond motifs is 1. The third-order valence-electron chi connectivity index (χ3n) is 4.66. The minimum Gasteiger partial charge on any atom is -0.493 e. The van der Waals surface area contributed by atoms with E-state index in [1.54, 1.807) is 73.6 Å². The number of rotatable bonds is 5. The Kier molecular flexibility index (Phi) is 5.09. The smallest absolute Gasteiger partial charge is 0.254 e. The average molecular weight is 419 g/mol. The number of benzene rings is 2. The van der Waals surface area contributed by atoms with E-state index in [9.17, 15) is 10.1 Å². The lowest BCUT2D eigenvalue weighted by Gasteiger charge is -2.11. The zero-order chi connectivity index (χ0) is 21.3. The van der Waals surface area contributed by atoms with Gasteiger partial charge in [-0.25, -0.2) is 9.97 Å². The number of hydrogen-bond donors (Lipinski definition) is 0. The first-order valence-electron chi connectivity index (χ1n) is 8.86. The van der Waals surface area contributed by atoms with Gasteiger partial charge in [0, 0.05) is 17.7 Å². The fourth-order valence-corrected chi connectivity index (χ4v) is 3.37. The van der Waals surface area contributed by atoms with Gasteiger partial charge in [-0.2, -0.15) is 5.26 Å². The predicted octanol–water partition coefficient (Wildman–Crippen LogP) is 4.36. The number of methoxy groups -OCH3 is 2. The molecule has 0 bridgehead atoms. The highest BCUT2D eigenvalue weighted by Gasteiger charge is 2.17. The Bertz CT molecular complexity index is 1320. The highest BCUT2D eigenvalue weighted by Crippen LogP contribution is 2.33. The van der Waals surface area contributed by atoms with Crippen LogP contribution in [-0.2, 0) is 0 Å². The van der Waals surface area contributed by atoms with Crippen molar-refractivity contribution in [3.05, 3.63) is 66.0 Å². The monoisotopic (exact) mass is 418 g/mol. The van der Waals surface area contributed by atoms with Crippen LogP contribution in [0.25, 0.3) is 28.1 Å². The minimum atomic E-state index is -0.631. The lowest BCUT2D eigenvalue weighted by Crippen LogP contribution is -2.03. The van der Waals surface area contributed by atoms with Crippen molar-refractivity contribution in [2.45, 2.75) is 0 Å². The van der Waals surface area contributed by atoms with E-state index in [1.165, 1.54) is 0 Å². The van der Waals surface area contributed by atoms with Crippen LogP contribution in [-0.4, -0.2) is 34.0 Å². The van der Waals surface area contributed by atoms with Crippen LogP contribution in [0.1, 0.15) is 15.9 Å². The highest BCUT2D eigenvalue weighted by molar-refractivity contribution is 6.68. The first-order valence-corrected chi connectivity index (χ1v) is 9.24. The van der Waals surface area contributed by atoms with Crippen LogP contribution in [0.5, 0.6) is 11.5 Å². The molecule has 0 atom stereocenters. The second-order valence-corrected chi connectivity index (χ2v) is 6.69. The Morgan fingerprint density at radius 2 is 1.87 bits per heavy atom. The molecule has 0 unspecified atom stereocenters. The van der Waals surface area contributed by atoms with Crippen LogP contribution >= 0.6 is 11.6 Å². The number of halogens is 1. The maximum atomic E-state index is 12.0. The van der Waals surface area contributed by atoms with Gasteiger partial charge in [0.2, 0.25) is 0 Å². The number of hydrogen-bond acceptors (Lipinski definition) is 6. The molecule has 0 saturated carbocycles. The van der Waals surface area contributed by atoms with E-state index in [0.717, 1.165) is 5.52 Å². The van der Waals surface area contributed by atoms with Gasteiger partial charge in [0.05, 0.1) is 48.1 Å². The molecule has 0 N–H and O–H groups in total. The molecule has 0 aliphatic heterocycles. The molecule has 2 aromatic carbocycles. The first-order chi connectivity index (χ1) is 14.5. The predicted molar refractivity (Wildman–Crippen MR) is 112 cm³/mol. The fraction of sp³-hybridized carbons (Fsp3) is 0.0909. The van der Waals surface area contributed by atoms with E-state index in [2.05, 4.69) is 16.0 Å².